The molecule has 1 aliphatic heterocycles. The Kier molecular flexibility index (Phi) is 3.60. The Bertz CT molecular complexity index is 528. The zero-order valence-electron chi connectivity index (χ0n) is 10.6. The van der Waals surface area contributed by atoms with Gasteiger partial charge in [-0.15, -0.1) is 11.6 Å². The average Bonchev–Trinajstić information content (AvgIpc) is 2.88. The Hall–Kier alpha value is -1.67. The van der Waals surface area contributed by atoms with Crippen LogP contribution in [-0.2, 0) is 12.3 Å². The molecule has 1 unspecified atom stereocenters. The molecule has 0 fully saturated rings. The van der Waals surface area contributed by atoms with E-state index in [4.69, 9.17) is 16.3 Å². The molecular weight excluding hydrogens is 258 g/mol. The lowest BCUT2D eigenvalue weighted by molar-refractivity contribution is 0.246. The largest absolute Gasteiger partial charge is 0.488 e. The molecule has 19 heavy (non-hydrogen) atoms. The SMILES string of the molecule is ClCc1ccc(NCC2Cc3ccccc3O2)cc1. The van der Waals surface area contributed by atoms with E-state index < -0.39 is 0 Å². The van der Waals surface area contributed by atoms with E-state index in [1.165, 1.54) is 5.56 Å². The van der Waals surface area contributed by atoms with Gasteiger partial charge in [-0.25, -0.2) is 0 Å². The lowest BCUT2D eigenvalue weighted by Gasteiger charge is -2.13. The second kappa shape index (κ2) is 5.54. The molecule has 1 N–H and O–H groups in total. The van der Waals surface area contributed by atoms with Crippen molar-refractivity contribution in [3.05, 3.63) is 59.7 Å². The van der Waals surface area contributed by atoms with Crippen LogP contribution in [0.3, 0.4) is 0 Å². The summed E-state index contributed by atoms with van der Waals surface area (Å²) >= 11 is 5.77. The Labute approximate surface area is 118 Å². The molecule has 0 aromatic heterocycles. The first-order chi connectivity index (χ1) is 9.35. The maximum Gasteiger partial charge on any atom is 0.123 e. The van der Waals surface area contributed by atoms with Crippen molar-refractivity contribution >= 4 is 17.3 Å². The number of halogens is 1. The van der Waals surface area contributed by atoms with Gasteiger partial charge in [-0.2, -0.15) is 0 Å². The first-order valence-electron chi connectivity index (χ1n) is 6.48. The van der Waals surface area contributed by atoms with Crippen molar-refractivity contribution < 1.29 is 4.74 Å². The van der Waals surface area contributed by atoms with Crippen molar-refractivity contribution in [3.63, 3.8) is 0 Å². The lowest BCUT2D eigenvalue weighted by Crippen LogP contribution is -2.23. The number of alkyl halides is 1. The number of ether oxygens (including phenoxy) is 1. The van der Waals surface area contributed by atoms with Crippen molar-refractivity contribution in [2.75, 3.05) is 11.9 Å². The molecule has 2 aromatic rings. The summed E-state index contributed by atoms with van der Waals surface area (Å²) < 4.78 is 5.89. The molecular formula is C16H16ClNO. The minimum absolute atomic E-state index is 0.213. The van der Waals surface area contributed by atoms with Crippen molar-refractivity contribution in [3.8, 4) is 5.75 Å². The number of para-hydroxylation sites is 1. The monoisotopic (exact) mass is 273 g/mol. The van der Waals surface area contributed by atoms with Crippen LogP contribution in [0.4, 0.5) is 5.69 Å². The topological polar surface area (TPSA) is 21.3 Å². The highest BCUT2D eigenvalue weighted by Crippen LogP contribution is 2.28. The fourth-order valence-electron chi connectivity index (χ4n) is 2.31. The molecule has 1 heterocycles. The number of nitrogens with one attached hydrogen (secondary N) is 1. The van der Waals surface area contributed by atoms with Crippen LogP contribution in [-0.4, -0.2) is 12.6 Å². The van der Waals surface area contributed by atoms with Gasteiger partial charge in [0.1, 0.15) is 11.9 Å². The van der Waals surface area contributed by atoms with Crippen LogP contribution < -0.4 is 10.1 Å². The molecule has 0 radical (unpaired) electrons. The van der Waals surface area contributed by atoms with Gasteiger partial charge in [0.15, 0.2) is 0 Å². The highest BCUT2D eigenvalue weighted by Gasteiger charge is 2.21. The zero-order chi connectivity index (χ0) is 13.1. The number of anilines is 1. The maximum absolute atomic E-state index is 5.89. The number of hydrogen-bond acceptors (Lipinski definition) is 2. The van der Waals surface area contributed by atoms with Crippen LogP contribution in [0.15, 0.2) is 48.5 Å². The molecule has 1 aliphatic rings. The highest BCUT2D eigenvalue weighted by atomic mass is 35.5. The van der Waals surface area contributed by atoms with Gasteiger partial charge in [-0.05, 0) is 29.3 Å². The molecule has 0 amide bonds. The summed E-state index contributed by atoms with van der Waals surface area (Å²) in [7, 11) is 0. The molecule has 3 rings (SSSR count). The molecule has 0 aliphatic carbocycles. The highest BCUT2D eigenvalue weighted by molar-refractivity contribution is 6.17. The second-order valence-corrected chi connectivity index (χ2v) is 5.03. The van der Waals surface area contributed by atoms with Gasteiger partial charge in [-0.1, -0.05) is 30.3 Å². The Morgan fingerprint density at radius 3 is 2.63 bits per heavy atom. The third-order valence-electron chi connectivity index (χ3n) is 3.36. The summed E-state index contributed by atoms with van der Waals surface area (Å²) in [5.74, 6) is 1.58. The molecule has 1 atom stereocenters. The van der Waals surface area contributed by atoms with E-state index in [2.05, 4.69) is 29.6 Å². The van der Waals surface area contributed by atoms with Gasteiger partial charge in [0.05, 0.1) is 6.54 Å². The van der Waals surface area contributed by atoms with E-state index in [1.807, 2.05) is 24.3 Å². The molecule has 2 aromatic carbocycles. The zero-order valence-corrected chi connectivity index (χ0v) is 11.4. The molecule has 3 heteroatoms. The molecule has 98 valence electrons. The standard InChI is InChI=1S/C16H16ClNO/c17-10-12-5-7-14(8-6-12)18-11-15-9-13-3-1-2-4-16(13)19-15/h1-8,15,18H,9-11H2. The lowest BCUT2D eigenvalue weighted by atomic mass is 10.1. The normalized spacial score (nSPS) is 16.8. The summed E-state index contributed by atoms with van der Waals surface area (Å²) in [4.78, 5) is 0. The van der Waals surface area contributed by atoms with Crippen molar-refractivity contribution in [1.82, 2.24) is 0 Å². The molecule has 0 saturated carbocycles. The summed E-state index contributed by atoms with van der Waals surface area (Å²) in [5, 5.41) is 3.40. The van der Waals surface area contributed by atoms with Crippen molar-refractivity contribution in [2.24, 2.45) is 0 Å². The van der Waals surface area contributed by atoms with E-state index >= 15 is 0 Å². The third-order valence-corrected chi connectivity index (χ3v) is 3.66. The van der Waals surface area contributed by atoms with Crippen LogP contribution in [0.25, 0.3) is 0 Å². The molecule has 0 bridgehead atoms. The summed E-state index contributed by atoms with van der Waals surface area (Å²) in [6.07, 6.45) is 1.19. The van der Waals surface area contributed by atoms with Gasteiger partial charge < -0.3 is 10.1 Å². The van der Waals surface area contributed by atoms with Crippen LogP contribution in [0, 0.1) is 0 Å². The third kappa shape index (κ3) is 2.85. The maximum atomic E-state index is 5.89. The van der Waals surface area contributed by atoms with Crippen LogP contribution in [0.1, 0.15) is 11.1 Å². The van der Waals surface area contributed by atoms with Gasteiger partial charge in [0, 0.05) is 18.0 Å². The van der Waals surface area contributed by atoms with Gasteiger partial charge in [0.2, 0.25) is 0 Å². The Balaban J connectivity index is 1.56. The van der Waals surface area contributed by atoms with Crippen LogP contribution in [0.5, 0.6) is 5.75 Å². The van der Waals surface area contributed by atoms with Gasteiger partial charge in [0.25, 0.3) is 0 Å². The fourth-order valence-corrected chi connectivity index (χ4v) is 2.49. The van der Waals surface area contributed by atoms with E-state index in [0.29, 0.717) is 5.88 Å². The fraction of sp³-hybridized carbons (Fsp3) is 0.250. The summed E-state index contributed by atoms with van der Waals surface area (Å²) in [6.45, 7) is 0.814. The number of rotatable bonds is 4. The first kappa shape index (κ1) is 12.4. The van der Waals surface area contributed by atoms with Gasteiger partial charge in [-0.3, -0.25) is 0 Å². The predicted octanol–water partition coefficient (Wildman–Crippen LogP) is 3.84. The average molecular weight is 274 g/mol. The molecule has 0 spiro atoms. The minimum Gasteiger partial charge on any atom is -0.488 e. The van der Waals surface area contributed by atoms with E-state index in [0.717, 1.165) is 30.0 Å². The van der Waals surface area contributed by atoms with Crippen LogP contribution in [0.2, 0.25) is 0 Å². The number of benzene rings is 2. The number of fused-ring (bicyclic) bond motifs is 1. The summed E-state index contributed by atoms with van der Waals surface area (Å²) in [5.41, 5.74) is 3.54. The van der Waals surface area contributed by atoms with Gasteiger partial charge >= 0.3 is 0 Å². The predicted molar refractivity (Wildman–Crippen MR) is 79.1 cm³/mol. The quantitative estimate of drug-likeness (QED) is 0.855. The van der Waals surface area contributed by atoms with Crippen molar-refractivity contribution in [2.45, 2.75) is 18.4 Å². The minimum atomic E-state index is 0.213. The second-order valence-electron chi connectivity index (χ2n) is 4.76. The van der Waals surface area contributed by atoms with Crippen molar-refractivity contribution in [1.29, 1.82) is 0 Å². The van der Waals surface area contributed by atoms with Crippen LogP contribution >= 0.6 is 11.6 Å². The number of hydrogen-bond donors (Lipinski definition) is 1. The first-order valence-corrected chi connectivity index (χ1v) is 7.02. The Morgan fingerprint density at radius 1 is 1.11 bits per heavy atom. The summed E-state index contributed by atoms with van der Waals surface area (Å²) in [6, 6.07) is 16.4. The Morgan fingerprint density at radius 2 is 1.89 bits per heavy atom. The smallest absolute Gasteiger partial charge is 0.123 e. The molecule has 2 nitrogen and oxygen atoms in total. The van der Waals surface area contributed by atoms with E-state index in [9.17, 15) is 0 Å². The molecule has 0 saturated heterocycles. The van der Waals surface area contributed by atoms with E-state index in [-0.39, 0.29) is 6.10 Å². The van der Waals surface area contributed by atoms with E-state index in [1.54, 1.807) is 0 Å².